The minimum absolute atomic E-state index is 0.0904. The molecule has 0 aliphatic heterocycles. The van der Waals surface area contributed by atoms with Gasteiger partial charge in [0.05, 0.1) is 0 Å². The molecule has 0 fully saturated rings. The molecule has 1 heterocycles. The second-order valence-electron chi connectivity index (χ2n) is 7.18. The van der Waals surface area contributed by atoms with Crippen molar-refractivity contribution in [2.24, 2.45) is 5.41 Å². The first kappa shape index (κ1) is 17.9. The Bertz CT molecular complexity index is 896. The topological polar surface area (TPSA) is 46.9 Å². The highest BCUT2D eigenvalue weighted by molar-refractivity contribution is 5.87. The third-order valence-corrected chi connectivity index (χ3v) is 4.01. The van der Waals surface area contributed by atoms with Crippen molar-refractivity contribution in [1.82, 2.24) is 9.78 Å². The summed E-state index contributed by atoms with van der Waals surface area (Å²) in [6.45, 7) is 5.77. The fraction of sp³-hybridized carbons (Fsp3) is 0.238. The van der Waals surface area contributed by atoms with Crippen molar-refractivity contribution < 1.29 is 9.18 Å². The number of anilines is 1. The molecule has 0 aliphatic carbocycles. The molecule has 134 valence electrons. The third kappa shape index (κ3) is 3.67. The molecule has 0 atom stereocenters. The quantitative estimate of drug-likeness (QED) is 0.720. The average Bonchev–Trinajstić information content (AvgIpc) is 2.96. The third-order valence-electron chi connectivity index (χ3n) is 4.01. The average molecular weight is 351 g/mol. The van der Waals surface area contributed by atoms with E-state index in [-0.39, 0.29) is 17.4 Å². The summed E-state index contributed by atoms with van der Waals surface area (Å²) in [5.41, 5.74) is 1.10. The van der Waals surface area contributed by atoms with E-state index in [2.05, 4.69) is 10.4 Å². The Morgan fingerprint density at radius 3 is 2.19 bits per heavy atom. The Morgan fingerprint density at radius 1 is 1.04 bits per heavy atom. The molecular weight excluding hydrogens is 329 g/mol. The minimum Gasteiger partial charge on any atom is -0.363 e. The smallest absolute Gasteiger partial charge is 0.254 e. The lowest BCUT2D eigenvalue weighted by molar-refractivity contribution is 0.0752. The highest BCUT2D eigenvalue weighted by Gasteiger charge is 2.30. The zero-order valence-corrected chi connectivity index (χ0v) is 15.2. The molecule has 0 aliphatic rings. The molecule has 0 saturated carbocycles. The van der Waals surface area contributed by atoms with Crippen molar-refractivity contribution in [3.8, 4) is 11.3 Å². The van der Waals surface area contributed by atoms with E-state index in [0.717, 1.165) is 10.2 Å². The van der Waals surface area contributed by atoms with E-state index in [1.54, 1.807) is 32.9 Å². The van der Waals surface area contributed by atoms with E-state index in [4.69, 9.17) is 0 Å². The number of rotatable bonds is 4. The molecule has 0 radical (unpaired) electrons. The SMILES string of the molecule is CC(C)(C)C(=O)n1nc(-c2ccccc2)c(F)c1NCc1ccccc1. The van der Waals surface area contributed by atoms with Crippen LogP contribution in [0.3, 0.4) is 0 Å². The van der Waals surface area contributed by atoms with Crippen LogP contribution in [0.5, 0.6) is 0 Å². The first-order valence-electron chi connectivity index (χ1n) is 8.54. The van der Waals surface area contributed by atoms with Crippen molar-refractivity contribution in [1.29, 1.82) is 0 Å². The first-order valence-corrected chi connectivity index (χ1v) is 8.54. The van der Waals surface area contributed by atoms with Crippen LogP contribution in [-0.2, 0) is 6.54 Å². The maximum absolute atomic E-state index is 15.1. The van der Waals surface area contributed by atoms with Gasteiger partial charge in [0.2, 0.25) is 0 Å². The van der Waals surface area contributed by atoms with Crippen LogP contribution in [0.2, 0.25) is 0 Å². The Kier molecular flexibility index (Phi) is 4.89. The molecule has 5 heteroatoms. The predicted octanol–water partition coefficient (Wildman–Crippen LogP) is 4.99. The number of hydrogen-bond donors (Lipinski definition) is 1. The Hall–Kier alpha value is -2.95. The summed E-state index contributed by atoms with van der Waals surface area (Å²) in [7, 11) is 0. The summed E-state index contributed by atoms with van der Waals surface area (Å²) in [4.78, 5) is 12.8. The highest BCUT2D eigenvalue weighted by atomic mass is 19.1. The molecule has 0 amide bonds. The fourth-order valence-corrected chi connectivity index (χ4v) is 2.58. The summed E-state index contributed by atoms with van der Waals surface area (Å²) >= 11 is 0. The normalized spacial score (nSPS) is 11.4. The van der Waals surface area contributed by atoms with Gasteiger partial charge in [-0.05, 0) is 5.56 Å². The highest BCUT2D eigenvalue weighted by Crippen LogP contribution is 2.30. The standard InChI is InChI=1S/C21H22FN3O/c1-21(2,3)20(26)25-19(23-14-15-10-6-4-7-11-15)17(22)18(24-25)16-12-8-5-9-13-16/h4-13,23H,14H2,1-3H3. The second kappa shape index (κ2) is 7.12. The fourth-order valence-electron chi connectivity index (χ4n) is 2.58. The first-order chi connectivity index (χ1) is 12.4. The van der Waals surface area contributed by atoms with Gasteiger partial charge in [-0.3, -0.25) is 4.79 Å². The summed E-state index contributed by atoms with van der Waals surface area (Å²) in [5.74, 6) is -0.702. The summed E-state index contributed by atoms with van der Waals surface area (Å²) in [6, 6.07) is 18.7. The molecule has 1 aromatic heterocycles. The van der Waals surface area contributed by atoms with E-state index in [1.807, 2.05) is 48.5 Å². The summed E-state index contributed by atoms with van der Waals surface area (Å²) in [6.07, 6.45) is 0. The van der Waals surface area contributed by atoms with Gasteiger partial charge >= 0.3 is 0 Å². The predicted molar refractivity (Wildman–Crippen MR) is 101 cm³/mol. The molecule has 1 N–H and O–H groups in total. The van der Waals surface area contributed by atoms with Crippen molar-refractivity contribution in [2.45, 2.75) is 27.3 Å². The van der Waals surface area contributed by atoms with Gasteiger partial charge in [-0.25, -0.2) is 4.39 Å². The van der Waals surface area contributed by atoms with Crippen molar-refractivity contribution in [3.63, 3.8) is 0 Å². The number of carbonyl (C=O) groups is 1. The van der Waals surface area contributed by atoms with Crippen molar-refractivity contribution >= 4 is 11.7 Å². The summed E-state index contributed by atoms with van der Waals surface area (Å²) < 4.78 is 16.3. The molecule has 3 aromatic rings. The van der Waals surface area contributed by atoms with Gasteiger partial charge in [0.25, 0.3) is 5.91 Å². The van der Waals surface area contributed by atoms with Crippen LogP contribution in [0.1, 0.15) is 31.1 Å². The number of hydrogen-bond acceptors (Lipinski definition) is 3. The van der Waals surface area contributed by atoms with Gasteiger partial charge in [0.1, 0.15) is 5.69 Å². The van der Waals surface area contributed by atoms with Crippen LogP contribution in [0.4, 0.5) is 10.2 Å². The zero-order chi connectivity index (χ0) is 18.7. The van der Waals surface area contributed by atoms with Crippen LogP contribution in [-0.4, -0.2) is 15.7 Å². The molecular formula is C21H22FN3O. The van der Waals surface area contributed by atoms with E-state index in [1.165, 1.54) is 0 Å². The molecule has 0 bridgehead atoms. The van der Waals surface area contributed by atoms with Gasteiger partial charge in [0, 0.05) is 17.5 Å². The number of benzene rings is 2. The number of carbonyl (C=O) groups excluding carboxylic acids is 1. The Labute approximate surface area is 152 Å². The van der Waals surface area contributed by atoms with E-state index in [9.17, 15) is 4.79 Å². The zero-order valence-electron chi connectivity index (χ0n) is 15.2. The molecule has 0 saturated heterocycles. The molecule has 0 spiro atoms. The van der Waals surface area contributed by atoms with Gasteiger partial charge in [0.15, 0.2) is 11.6 Å². The minimum atomic E-state index is -0.685. The van der Waals surface area contributed by atoms with Gasteiger partial charge in [-0.1, -0.05) is 81.4 Å². The van der Waals surface area contributed by atoms with Crippen LogP contribution in [0.15, 0.2) is 60.7 Å². The maximum Gasteiger partial charge on any atom is 0.254 e. The van der Waals surface area contributed by atoms with Gasteiger partial charge in [-0.15, -0.1) is 0 Å². The van der Waals surface area contributed by atoms with Crippen LogP contribution >= 0.6 is 0 Å². The maximum atomic E-state index is 15.1. The molecule has 26 heavy (non-hydrogen) atoms. The molecule has 4 nitrogen and oxygen atoms in total. The van der Waals surface area contributed by atoms with Gasteiger partial charge in [-0.2, -0.15) is 9.78 Å². The Morgan fingerprint density at radius 2 is 1.62 bits per heavy atom. The number of nitrogens with zero attached hydrogens (tertiary/aromatic N) is 2. The van der Waals surface area contributed by atoms with E-state index < -0.39 is 11.2 Å². The Balaban J connectivity index is 2.02. The van der Waals surface area contributed by atoms with Crippen molar-refractivity contribution in [3.05, 3.63) is 72.0 Å². The number of halogens is 1. The molecule has 2 aromatic carbocycles. The lowest BCUT2D eigenvalue weighted by atomic mass is 9.96. The lowest BCUT2D eigenvalue weighted by Crippen LogP contribution is -2.29. The van der Waals surface area contributed by atoms with Crippen LogP contribution < -0.4 is 5.32 Å². The monoisotopic (exact) mass is 351 g/mol. The second-order valence-corrected chi connectivity index (χ2v) is 7.18. The van der Waals surface area contributed by atoms with Crippen LogP contribution in [0, 0.1) is 11.2 Å². The van der Waals surface area contributed by atoms with Gasteiger partial charge < -0.3 is 5.32 Å². The number of aromatic nitrogens is 2. The number of nitrogens with one attached hydrogen (secondary N) is 1. The lowest BCUT2D eigenvalue weighted by Gasteiger charge is -2.18. The van der Waals surface area contributed by atoms with Crippen molar-refractivity contribution in [2.75, 3.05) is 5.32 Å². The molecule has 0 unspecified atom stereocenters. The summed E-state index contributed by atoms with van der Waals surface area (Å²) in [5, 5.41) is 7.33. The van der Waals surface area contributed by atoms with Crippen LogP contribution in [0.25, 0.3) is 11.3 Å². The van der Waals surface area contributed by atoms with E-state index >= 15 is 4.39 Å². The van der Waals surface area contributed by atoms with E-state index in [0.29, 0.717) is 12.1 Å². The largest absolute Gasteiger partial charge is 0.363 e. The molecule has 3 rings (SSSR count).